The van der Waals surface area contributed by atoms with Gasteiger partial charge < -0.3 is 15.7 Å². The molecule has 0 aliphatic rings. The molecule has 0 saturated carbocycles. The van der Waals surface area contributed by atoms with Crippen molar-refractivity contribution < 1.29 is 0 Å². The van der Waals surface area contributed by atoms with E-state index in [-0.39, 0.29) is 5.84 Å². The van der Waals surface area contributed by atoms with E-state index < -0.39 is 0 Å². The molecule has 0 amide bonds. The van der Waals surface area contributed by atoms with Gasteiger partial charge in [0.1, 0.15) is 17.5 Å². The van der Waals surface area contributed by atoms with Gasteiger partial charge in [0.2, 0.25) is 0 Å². The second kappa shape index (κ2) is 5.77. The van der Waals surface area contributed by atoms with Crippen LogP contribution in [0.15, 0.2) is 48.8 Å². The minimum Gasteiger partial charge on any atom is -0.384 e. The van der Waals surface area contributed by atoms with Crippen LogP contribution in [-0.4, -0.2) is 40.8 Å². The summed E-state index contributed by atoms with van der Waals surface area (Å²) >= 11 is 0. The Bertz CT molecular complexity index is 1280. The molecule has 5 rings (SSSR count). The molecule has 2 aromatic carbocycles. The van der Waals surface area contributed by atoms with E-state index in [1.807, 2.05) is 24.3 Å². The molecule has 5 aromatic rings. The predicted octanol–water partition coefficient (Wildman–Crippen LogP) is 1.89. The van der Waals surface area contributed by atoms with Crippen LogP contribution >= 0.6 is 0 Å². The normalized spacial score (nSPS) is 11.4. The number of benzene rings is 2. The number of nitrogens with zero attached hydrogens (tertiary/aromatic N) is 5. The van der Waals surface area contributed by atoms with Gasteiger partial charge in [-0.15, -0.1) is 5.10 Å². The van der Waals surface area contributed by atoms with Gasteiger partial charge in [0, 0.05) is 5.56 Å². The zero-order valence-electron chi connectivity index (χ0n) is 14.1. The number of H-pyrrole nitrogens is 2. The van der Waals surface area contributed by atoms with Crippen LogP contribution in [0.5, 0.6) is 0 Å². The van der Waals surface area contributed by atoms with E-state index in [0.29, 0.717) is 12.0 Å². The van der Waals surface area contributed by atoms with Crippen LogP contribution in [0, 0.1) is 5.41 Å². The van der Waals surface area contributed by atoms with Gasteiger partial charge >= 0.3 is 0 Å². The molecule has 5 N–H and O–H groups in total. The molecule has 0 aliphatic heterocycles. The van der Waals surface area contributed by atoms with Crippen LogP contribution in [0.25, 0.3) is 27.8 Å². The maximum absolute atomic E-state index is 7.54. The first-order valence-corrected chi connectivity index (χ1v) is 8.34. The molecule has 0 fully saturated rings. The Kier molecular flexibility index (Phi) is 3.26. The number of rotatable bonds is 4. The number of hydrogen-bond acceptors (Lipinski definition) is 5. The van der Waals surface area contributed by atoms with Crippen LogP contribution < -0.4 is 5.73 Å². The zero-order valence-corrected chi connectivity index (χ0v) is 14.1. The Balaban J connectivity index is 1.47. The molecule has 0 unspecified atom stereocenters. The second-order valence-electron chi connectivity index (χ2n) is 6.24. The summed E-state index contributed by atoms with van der Waals surface area (Å²) in [6.45, 7) is 0. The van der Waals surface area contributed by atoms with Crippen molar-refractivity contribution in [2.45, 2.75) is 6.42 Å². The van der Waals surface area contributed by atoms with Crippen molar-refractivity contribution in [3.63, 3.8) is 0 Å². The van der Waals surface area contributed by atoms with E-state index in [1.54, 1.807) is 29.2 Å². The summed E-state index contributed by atoms with van der Waals surface area (Å²) in [7, 11) is 0. The molecule has 0 atom stereocenters. The Morgan fingerprint density at radius 2 is 1.70 bits per heavy atom. The van der Waals surface area contributed by atoms with Crippen molar-refractivity contribution >= 4 is 27.9 Å². The molecule has 9 heteroatoms. The summed E-state index contributed by atoms with van der Waals surface area (Å²) in [4.78, 5) is 15.9. The monoisotopic (exact) mass is 357 g/mol. The highest BCUT2D eigenvalue weighted by atomic mass is 15.4. The third-order valence-corrected chi connectivity index (χ3v) is 4.38. The number of nitrogens with two attached hydrogens (primary N) is 1. The van der Waals surface area contributed by atoms with Gasteiger partial charge in [-0.25, -0.2) is 14.6 Å². The Morgan fingerprint density at radius 1 is 1.00 bits per heavy atom. The number of amidine groups is 1. The second-order valence-corrected chi connectivity index (χ2v) is 6.24. The topological polar surface area (TPSA) is 138 Å². The highest BCUT2D eigenvalue weighted by Gasteiger charge is 2.10. The smallest absolute Gasteiger partial charge is 0.122 e. The van der Waals surface area contributed by atoms with Crippen molar-refractivity contribution in [2.24, 2.45) is 5.73 Å². The SMILES string of the molecule is N=C(N)c1ccc2[nH]c(Cc3nc4cc(-n5ccnn5)ccc4[nH]3)nc2c1. The first-order valence-electron chi connectivity index (χ1n) is 8.34. The fourth-order valence-corrected chi connectivity index (χ4v) is 3.09. The lowest BCUT2D eigenvalue weighted by atomic mass is 10.2. The maximum atomic E-state index is 7.54. The lowest BCUT2D eigenvalue weighted by Gasteiger charge is -1.98. The molecule has 0 spiro atoms. The Labute approximate surface area is 152 Å². The number of imidazole rings is 2. The average molecular weight is 357 g/mol. The van der Waals surface area contributed by atoms with E-state index >= 15 is 0 Å². The minimum absolute atomic E-state index is 0.0296. The average Bonchev–Trinajstić information content (AvgIpc) is 3.39. The number of nitrogens with one attached hydrogen (secondary N) is 3. The number of aromatic amines is 2. The van der Waals surface area contributed by atoms with E-state index in [4.69, 9.17) is 11.1 Å². The van der Waals surface area contributed by atoms with Gasteiger partial charge in [0.15, 0.2) is 0 Å². The first-order chi connectivity index (χ1) is 13.2. The summed E-state index contributed by atoms with van der Waals surface area (Å²) in [5.41, 5.74) is 10.6. The summed E-state index contributed by atoms with van der Waals surface area (Å²) in [6.07, 6.45) is 3.97. The number of aromatic nitrogens is 7. The van der Waals surface area contributed by atoms with Crippen molar-refractivity contribution in [2.75, 3.05) is 0 Å². The van der Waals surface area contributed by atoms with Gasteiger partial charge in [-0.3, -0.25) is 5.41 Å². The number of nitrogen functional groups attached to an aromatic ring is 1. The quantitative estimate of drug-likeness (QED) is 0.287. The third kappa shape index (κ3) is 2.71. The van der Waals surface area contributed by atoms with E-state index in [0.717, 1.165) is 39.4 Å². The van der Waals surface area contributed by atoms with Crippen molar-refractivity contribution in [3.05, 3.63) is 66.0 Å². The molecule has 27 heavy (non-hydrogen) atoms. The van der Waals surface area contributed by atoms with Gasteiger partial charge in [-0.2, -0.15) is 0 Å². The van der Waals surface area contributed by atoms with Crippen LogP contribution in [-0.2, 0) is 6.42 Å². The standard InChI is InChI=1S/C18H15N9/c19-18(20)10-1-3-12-14(7-10)24-16(22-12)9-17-23-13-4-2-11(8-15(13)25-17)27-6-5-21-26-27/h1-8H,9H2,(H3,19,20)(H,22,24)(H,23,25). The van der Waals surface area contributed by atoms with E-state index in [9.17, 15) is 0 Å². The number of hydrogen-bond donors (Lipinski definition) is 4. The van der Waals surface area contributed by atoms with Crippen molar-refractivity contribution in [3.8, 4) is 5.69 Å². The molecule has 3 heterocycles. The lowest BCUT2D eigenvalue weighted by molar-refractivity contribution is 0.804. The van der Waals surface area contributed by atoms with Crippen LogP contribution in [0.2, 0.25) is 0 Å². The summed E-state index contributed by atoms with van der Waals surface area (Å²) in [5.74, 6) is 1.63. The molecule has 0 aliphatic carbocycles. The maximum Gasteiger partial charge on any atom is 0.122 e. The first kappa shape index (κ1) is 15.3. The Hall–Kier alpha value is -4.01. The highest BCUT2D eigenvalue weighted by Crippen LogP contribution is 2.19. The van der Waals surface area contributed by atoms with E-state index in [2.05, 4.69) is 30.2 Å². The van der Waals surface area contributed by atoms with Crippen LogP contribution in [0.4, 0.5) is 0 Å². The largest absolute Gasteiger partial charge is 0.384 e. The summed E-state index contributed by atoms with van der Waals surface area (Å²) < 4.78 is 1.69. The third-order valence-electron chi connectivity index (χ3n) is 4.38. The van der Waals surface area contributed by atoms with Gasteiger partial charge in [-0.1, -0.05) is 5.21 Å². The molecule has 0 saturated heterocycles. The molecular formula is C18H15N9. The van der Waals surface area contributed by atoms with E-state index in [1.165, 1.54) is 0 Å². The van der Waals surface area contributed by atoms with Crippen molar-refractivity contribution in [1.29, 1.82) is 5.41 Å². The van der Waals surface area contributed by atoms with Crippen LogP contribution in [0.3, 0.4) is 0 Å². The molecule has 0 bridgehead atoms. The molecule has 132 valence electrons. The minimum atomic E-state index is 0.0296. The molecule has 9 nitrogen and oxygen atoms in total. The molecule has 0 radical (unpaired) electrons. The van der Waals surface area contributed by atoms with Gasteiger partial charge in [0.05, 0.1) is 46.6 Å². The fourth-order valence-electron chi connectivity index (χ4n) is 3.09. The predicted molar refractivity (Wildman–Crippen MR) is 101 cm³/mol. The van der Waals surface area contributed by atoms with Crippen molar-refractivity contribution in [1.82, 2.24) is 34.9 Å². The Morgan fingerprint density at radius 3 is 2.37 bits per heavy atom. The molecular weight excluding hydrogens is 342 g/mol. The van der Waals surface area contributed by atoms with Gasteiger partial charge in [0.25, 0.3) is 0 Å². The highest BCUT2D eigenvalue weighted by molar-refractivity contribution is 5.97. The van der Waals surface area contributed by atoms with Gasteiger partial charge in [-0.05, 0) is 36.4 Å². The lowest BCUT2D eigenvalue weighted by Crippen LogP contribution is -2.10. The summed E-state index contributed by atoms with van der Waals surface area (Å²) in [5, 5.41) is 15.4. The van der Waals surface area contributed by atoms with Crippen LogP contribution in [0.1, 0.15) is 17.2 Å². The number of fused-ring (bicyclic) bond motifs is 2. The summed E-state index contributed by atoms with van der Waals surface area (Å²) in [6, 6.07) is 11.4. The fraction of sp³-hybridized carbons (Fsp3) is 0.0556. The zero-order chi connectivity index (χ0) is 18.4. The molecule has 3 aromatic heterocycles.